The minimum absolute atomic E-state index is 0.432. The summed E-state index contributed by atoms with van der Waals surface area (Å²) in [7, 11) is 2.14. The quantitative estimate of drug-likeness (QED) is 0.667. The van der Waals surface area contributed by atoms with Gasteiger partial charge in [0.25, 0.3) is 0 Å². The first-order chi connectivity index (χ1) is 8.04. The van der Waals surface area contributed by atoms with Gasteiger partial charge in [-0.3, -0.25) is 0 Å². The molecule has 2 N–H and O–H groups in total. The van der Waals surface area contributed by atoms with E-state index in [1.54, 1.807) is 0 Å². The molecule has 0 aromatic heterocycles. The maximum absolute atomic E-state index is 3.64. The van der Waals surface area contributed by atoms with E-state index in [9.17, 15) is 0 Å². The Morgan fingerprint density at radius 3 is 2.29 bits per heavy atom. The Kier molecular flexibility index (Phi) is 5.94. The zero-order chi connectivity index (χ0) is 12.8. The molecule has 1 saturated carbocycles. The van der Waals surface area contributed by atoms with Crippen LogP contribution in [0.3, 0.4) is 0 Å². The lowest BCUT2D eigenvalue weighted by Gasteiger charge is -2.37. The molecule has 0 radical (unpaired) electrons. The highest BCUT2D eigenvalue weighted by Gasteiger charge is 2.29. The van der Waals surface area contributed by atoms with Gasteiger partial charge in [0.1, 0.15) is 0 Å². The number of rotatable bonds is 7. The van der Waals surface area contributed by atoms with Gasteiger partial charge in [-0.25, -0.2) is 0 Å². The van der Waals surface area contributed by atoms with Crippen molar-refractivity contribution in [2.75, 3.05) is 20.1 Å². The van der Waals surface area contributed by atoms with Crippen molar-refractivity contribution < 1.29 is 0 Å². The van der Waals surface area contributed by atoms with E-state index in [1.807, 2.05) is 0 Å². The fourth-order valence-corrected chi connectivity index (χ4v) is 2.73. The Bertz CT molecular complexity index is 205. The predicted octanol–water partition coefficient (Wildman–Crippen LogP) is 3.32. The second-order valence-corrected chi connectivity index (χ2v) is 6.54. The van der Waals surface area contributed by atoms with Gasteiger partial charge < -0.3 is 10.6 Å². The molecule has 17 heavy (non-hydrogen) atoms. The smallest absolute Gasteiger partial charge is 0.0190 e. The lowest BCUT2D eigenvalue weighted by atomic mass is 9.79. The molecule has 0 heterocycles. The average molecular weight is 240 g/mol. The van der Waals surface area contributed by atoms with Crippen LogP contribution in [0.5, 0.6) is 0 Å². The molecule has 0 aromatic carbocycles. The van der Waals surface area contributed by atoms with Gasteiger partial charge in [-0.2, -0.15) is 0 Å². The number of hydrogen-bond donors (Lipinski definition) is 2. The van der Waals surface area contributed by atoms with Gasteiger partial charge in [0.05, 0.1) is 0 Å². The maximum atomic E-state index is 3.64. The summed E-state index contributed by atoms with van der Waals surface area (Å²) >= 11 is 0. The minimum Gasteiger partial charge on any atom is -0.316 e. The van der Waals surface area contributed by atoms with Gasteiger partial charge in [0.15, 0.2) is 0 Å². The predicted molar refractivity (Wildman–Crippen MR) is 76.4 cm³/mol. The topological polar surface area (TPSA) is 24.1 Å². The van der Waals surface area contributed by atoms with Crippen LogP contribution in [0, 0.1) is 5.41 Å². The van der Waals surface area contributed by atoms with Gasteiger partial charge >= 0.3 is 0 Å². The lowest BCUT2D eigenvalue weighted by molar-refractivity contribution is 0.223. The van der Waals surface area contributed by atoms with Crippen LogP contribution >= 0.6 is 0 Å². The van der Waals surface area contributed by atoms with Crippen LogP contribution in [0.25, 0.3) is 0 Å². The third-order valence-corrected chi connectivity index (χ3v) is 4.68. The summed E-state index contributed by atoms with van der Waals surface area (Å²) in [6.45, 7) is 9.26. The maximum Gasteiger partial charge on any atom is 0.0190 e. The van der Waals surface area contributed by atoms with Crippen molar-refractivity contribution in [1.29, 1.82) is 0 Å². The van der Waals surface area contributed by atoms with E-state index in [1.165, 1.54) is 44.9 Å². The molecule has 0 bridgehead atoms. The molecule has 0 spiro atoms. The second kappa shape index (κ2) is 6.75. The van der Waals surface area contributed by atoms with Crippen molar-refractivity contribution >= 4 is 0 Å². The Hall–Kier alpha value is -0.0800. The summed E-state index contributed by atoms with van der Waals surface area (Å²) in [5, 5.41) is 7.23. The van der Waals surface area contributed by atoms with Crippen molar-refractivity contribution in [3.05, 3.63) is 0 Å². The molecule has 2 heteroatoms. The summed E-state index contributed by atoms with van der Waals surface area (Å²) < 4.78 is 0. The van der Waals surface area contributed by atoms with E-state index < -0.39 is 0 Å². The molecule has 0 saturated heterocycles. The Labute approximate surface area is 108 Å². The molecular weight excluding hydrogens is 208 g/mol. The number of nitrogens with one attached hydrogen (secondary N) is 2. The van der Waals surface area contributed by atoms with E-state index in [2.05, 4.69) is 38.5 Å². The molecule has 102 valence electrons. The standard InChI is InChI=1S/C15H32N2/c1-5-14(2,3)13-17-12-11-15(16-4)9-7-6-8-10-15/h16-17H,5-13H2,1-4H3. The summed E-state index contributed by atoms with van der Waals surface area (Å²) in [5.41, 5.74) is 0.876. The monoisotopic (exact) mass is 240 g/mol. The van der Waals surface area contributed by atoms with Gasteiger partial charge in [-0.1, -0.05) is 40.0 Å². The van der Waals surface area contributed by atoms with Crippen molar-refractivity contribution in [3.63, 3.8) is 0 Å². The molecule has 2 nitrogen and oxygen atoms in total. The second-order valence-electron chi connectivity index (χ2n) is 6.54. The Balaban J connectivity index is 2.24. The van der Waals surface area contributed by atoms with Crippen molar-refractivity contribution in [1.82, 2.24) is 10.6 Å². The van der Waals surface area contributed by atoms with Crippen LogP contribution in [0.4, 0.5) is 0 Å². The van der Waals surface area contributed by atoms with Crippen molar-refractivity contribution in [2.45, 2.75) is 71.3 Å². The zero-order valence-corrected chi connectivity index (χ0v) is 12.4. The highest BCUT2D eigenvalue weighted by Crippen LogP contribution is 2.30. The molecule has 0 aromatic rings. The summed E-state index contributed by atoms with van der Waals surface area (Å²) in [6, 6.07) is 0. The molecule has 1 aliphatic rings. The van der Waals surface area contributed by atoms with Gasteiger partial charge in [0, 0.05) is 12.1 Å². The first-order valence-electron chi connectivity index (χ1n) is 7.43. The molecule has 0 unspecified atom stereocenters. The largest absolute Gasteiger partial charge is 0.316 e. The highest BCUT2D eigenvalue weighted by atomic mass is 15.0. The molecule has 1 rings (SSSR count). The highest BCUT2D eigenvalue weighted by molar-refractivity contribution is 4.90. The fourth-order valence-electron chi connectivity index (χ4n) is 2.73. The van der Waals surface area contributed by atoms with E-state index in [0.29, 0.717) is 11.0 Å². The fraction of sp³-hybridized carbons (Fsp3) is 1.00. The molecule has 0 amide bonds. The van der Waals surface area contributed by atoms with Crippen LogP contribution < -0.4 is 10.6 Å². The van der Waals surface area contributed by atoms with Gasteiger partial charge in [0.2, 0.25) is 0 Å². The van der Waals surface area contributed by atoms with Crippen LogP contribution in [0.2, 0.25) is 0 Å². The van der Waals surface area contributed by atoms with E-state index in [0.717, 1.165) is 13.1 Å². The van der Waals surface area contributed by atoms with E-state index in [-0.39, 0.29) is 0 Å². The molecule has 0 atom stereocenters. The van der Waals surface area contributed by atoms with Crippen molar-refractivity contribution in [3.8, 4) is 0 Å². The first-order valence-corrected chi connectivity index (χ1v) is 7.43. The molecule has 1 fully saturated rings. The van der Waals surface area contributed by atoms with Crippen LogP contribution in [-0.2, 0) is 0 Å². The molecule has 1 aliphatic carbocycles. The third-order valence-electron chi connectivity index (χ3n) is 4.68. The first kappa shape index (κ1) is 15.0. The summed E-state index contributed by atoms with van der Waals surface area (Å²) in [5.74, 6) is 0. The lowest BCUT2D eigenvalue weighted by Crippen LogP contribution is -2.47. The Morgan fingerprint density at radius 1 is 1.12 bits per heavy atom. The van der Waals surface area contributed by atoms with Gasteiger partial charge in [-0.05, 0) is 44.7 Å². The van der Waals surface area contributed by atoms with Crippen LogP contribution in [-0.4, -0.2) is 25.7 Å². The number of hydrogen-bond acceptors (Lipinski definition) is 2. The SMILES string of the molecule is CCC(C)(C)CNCCC1(NC)CCCCC1. The average Bonchev–Trinajstić information content (AvgIpc) is 2.36. The summed E-state index contributed by atoms with van der Waals surface area (Å²) in [4.78, 5) is 0. The normalized spacial score (nSPS) is 20.5. The Morgan fingerprint density at radius 2 is 1.76 bits per heavy atom. The third kappa shape index (κ3) is 4.97. The van der Waals surface area contributed by atoms with Gasteiger partial charge in [-0.15, -0.1) is 0 Å². The van der Waals surface area contributed by atoms with Crippen LogP contribution in [0.1, 0.15) is 65.7 Å². The van der Waals surface area contributed by atoms with E-state index in [4.69, 9.17) is 0 Å². The van der Waals surface area contributed by atoms with Crippen LogP contribution in [0.15, 0.2) is 0 Å². The summed E-state index contributed by atoms with van der Waals surface area (Å²) in [6.07, 6.45) is 9.49. The minimum atomic E-state index is 0.432. The van der Waals surface area contributed by atoms with E-state index >= 15 is 0 Å². The van der Waals surface area contributed by atoms with Crippen molar-refractivity contribution in [2.24, 2.45) is 5.41 Å². The zero-order valence-electron chi connectivity index (χ0n) is 12.4. The molecule has 0 aliphatic heterocycles. The molecular formula is C15H32N2.